The van der Waals surface area contributed by atoms with Crippen LogP contribution >= 0.6 is 0 Å². The molecule has 3 heteroatoms. The molecule has 0 spiro atoms. The van der Waals surface area contributed by atoms with Gasteiger partial charge in [-0.15, -0.1) is 0 Å². The number of amides is 1. The van der Waals surface area contributed by atoms with Gasteiger partial charge in [0, 0.05) is 18.8 Å². The number of rotatable bonds is 2. The molecule has 16 heavy (non-hydrogen) atoms. The van der Waals surface area contributed by atoms with Gasteiger partial charge in [0.2, 0.25) is 0 Å². The lowest BCUT2D eigenvalue weighted by molar-refractivity contribution is 0.100. The first-order valence-electron chi connectivity index (χ1n) is 5.84. The van der Waals surface area contributed by atoms with Crippen molar-refractivity contribution in [3.8, 4) is 0 Å². The maximum absolute atomic E-state index is 11.4. The third-order valence-electron chi connectivity index (χ3n) is 3.11. The quantitative estimate of drug-likeness (QED) is 0.826. The minimum atomic E-state index is -0.329. The molecular weight excluding hydrogens is 200 g/mol. The summed E-state index contributed by atoms with van der Waals surface area (Å²) >= 11 is 0. The van der Waals surface area contributed by atoms with E-state index in [0.29, 0.717) is 5.56 Å². The molecule has 1 saturated heterocycles. The van der Waals surface area contributed by atoms with Gasteiger partial charge in [-0.05, 0) is 38.3 Å². The Hall–Kier alpha value is -1.51. The van der Waals surface area contributed by atoms with E-state index in [1.807, 2.05) is 25.1 Å². The SMILES string of the molecule is Cc1ccc(N2CCCCC2)c(C(N)=O)c1. The van der Waals surface area contributed by atoms with E-state index in [2.05, 4.69) is 4.90 Å². The summed E-state index contributed by atoms with van der Waals surface area (Å²) in [7, 11) is 0. The Kier molecular flexibility index (Phi) is 3.13. The Labute approximate surface area is 96.2 Å². The van der Waals surface area contributed by atoms with Crippen molar-refractivity contribution in [2.75, 3.05) is 18.0 Å². The van der Waals surface area contributed by atoms with Gasteiger partial charge in [0.05, 0.1) is 5.56 Å². The van der Waals surface area contributed by atoms with Crippen LogP contribution < -0.4 is 10.6 Å². The van der Waals surface area contributed by atoms with Crippen LogP contribution in [-0.2, 0) is 0 Å². The molecule has 3 nitrogen and oxygen atoms in total. The van der Waals surface area contributed by atoms with Crippen molar-refractivity contribution < 1.29 is 4.79 Å². The number of hydrogen-bond donors (Lipinski definition) is 1. The molecule has 1 aromatic rings. The number of carbonyl (C=O) groups excluding carboxylic acids is 1. The molecule has 1 fully saturated rings. The molecule has 0 saturated carbocycles. The minimum absolute atomic E-state index is 0.329. The van der Waals surface area contributed by atoms with E-state index in [4.69, 9.17) is 5.73 Å². The summed E-state index contributed by atoms with van der Waals surface area (Å²) in [4.78, 5) is 13.7. The predicted molar refractivity (Wildman–Crippen MR) is 65.8 cm³/mol. The molecule has 1 aliphatic heterocycles. The Balaban J connectivity index is 2.34. The standard InChI is InChI=1S/C13H18N2O/c1-10-5-6-12(11(9-10)13(14)16)15-7-3-2-4-8-15/h5-6,9H,2-4,7-8H2,1H3,(H2,14,16). The van der Waals surface area contributed by atoms with Crippen LogP contribution in [0.3, 0.4) is 0 Å². The molecule has 1 aromatic carbocycles. The smallest absolute Gasteiger partial charge is 0.250 e. The van der Waals surface area contributed by atoms with Gasteiger partial charge >= 0.3 is 0 Å². The van der Waals surface area contributed by atoms with Crippen molar-refractivity contribution in [3.05, 3.63) is 29.3 Å². The summed E-state index contributed by atoms with van der Waals surface area (Å²) in [6.07, 6.45) is 3.69. The Bertz CT molecular complexity index is 395. The number of anilines is 1. The first-order chi connectivity index (χ1) is 7.68. The molecule has 1 amide bonds. The van der Waals surface area contributed by atoms with Crippen LogP contribution in [0.5, 0.6) is 0 Å². The third kappa shape index (κ3) is 2.18. The van der Waals surface area contributed by atoms with Crippen molar-refractivity contribution in [1.82, 2.24) is 0 Å². The summed E-state index contributed by atoms with van der Waals surface area (Å²) in [5, 5.41) is 0. The van der Waals surface area contributed by atoms with Crippen molar-refractivity contribution in [3.63, 3.8) is 0 Å². The monoisotopic (exact) mass is 218 g/mol. The predicted octanol–water partition coefficient (Wildman–Crippen LogP) is 2.08. The zero-order chi connectivity index (χ0) is 11.5. The van der Waals surface area contributed by atoms with E-state index < -0.39 is 0 Å². The molecule has 0 radical (unpaired) electrons. The highest BCUT2D eigenvalue weighted by Crippen LogP contribution is 2.24. The summed E-state index contributed by atoms with van der Waals surface area (Å²) in [6, 6.07) is 5.93. The number of primary amides is 1. The maximum atomic E-state index is 11.4. The maximum Gasteiger partial charge on any atom is 0.250 e. The number of nitrogens with zero attached hydrogens (tertiary/aromatic N) is 1. The second-order valence-electron chi connectivity index (χ2n) is 4.43. The fraction of sp³-hybridized carbons (Fsp3) is 0.462. The lowest BCUT2D eigenvalue weighted by Gasteiger charge is -2.30. The molecule has 2 rings (SSSR count). The summed E-state index contributed by atoms with van der Waals surface area (Å²) in [5.74, 6) is -0.329. The minimum Gasteiger partial charge on any atom is -0.371 e. The molecule has 0 unspecified atom stereocenters. The van der Waals surface area contributed by atoms with Crippen molar-refractivity contribution >= 4 is 11.6 Å². The molecule has 1 aliphatic rings. The number of nitrogens with two attached hydrogens (primary N) is 1. The second-order valence-corrected chi connectivity index (χ2v) is 4.43. The van der Waals surface area contributed by atoms with Gasteiger partial charge in [-0.3, -0.25) is 4.79 Å². The van der Waals surface area contributed by atoms with Crippen LogP contribution in [0.15, 0.2) is 18.2 Å². The summed E-state index contributed by atoms with van der Waals surface area (Å²) in [5.41, 5.74) is 8.16. The van der Waals surface area contributed by atoms with Crippen molar-refractivity contribution in [2.45, 2.75) is 26.2 Å². The van der Waals surface area contributed by atoms with Gasteiger partial charge < -0.3 is 10.6 Å². The second kappa shape index (κ2) is 4.56. The van der Waals surface area contributed by atoms with E-state index in [0.717, 1.165) is 24.3 Å². The molecule has 0 bridgehead atoms. The lowest BCUT2D eigenvalue weighted by atomic mass is 10.0. The van der Waals surface area contributed by atoms with Gasteiger partial charge in [0.1, 0.15) is 0 Å². The Morgan fingerprint density at radius 1 is 1.25 bits per heavy atom. The summed E-state index contributed by atoms with van der Waals surface area (Å²) < 4.78 is 0. The fourth-order valence-corrected chi connectivity index (χ4v) is 2.26. The van der Waals surface area contributed by atoms with Crippen LogP contribution in [0.4, 0.5) is 5.69 Å². The molecule has 0 aliphatic carbocycles. The normalized spacial score (nSPS) is 16.2. The van der Waals surface area contributed by atoms with Crippen LogP contribution in [0.2, 0.25) is 0 Å². The number of carbonyl (C=O) groups is 1. The molecule has 86 valence electrons. The van der Waals surface area contributed by atoms with Crippen molar-refractivity contribution in [2.24, 2.45) is 5.73 Å². The largest absolute Gasteiger partial charge is 0.371 e. The molecule has 2 N–H and O–H groups in total. The summed E-state index contributed by atoms with van der Waals surface area (Å²) in [6.45, 7) is 4.04. The van der Waals surface area contributed by atoms with Crippen LogP contribution in [0, 0.1) is 6.92 Å². The van der Waals surface area contributed by atoms with E-state index in [-0.39, 0.29) is 5.91 Å². The van der Waals surface area contributed by atoms with E-state index in [9.17, 15) is 4.79 Å². The highest BCUT2D eigenvalue weighted by atomic mass is 16.1. The number of benzene rings is 1. The number of aryl methyl sites for hydroxylation is 1. The molecule has 0 atom stereocenters. The van der Waals surface area contributed by atoms with Gasteiger partial charge in [-0.2, -0.15) is 0 Å². The first-order valence-corrected chi connectivity index (χ1v) is 5.84. The Morgan fingerprint density at radius 3 is 2.56 bits per heavy atom. The lowest BCUT2D eigenvalue weighted by Crippen LogP contribution is -2.31. The molecule has 0 aromatic heterocycles. The average molecular weight is 218 g/mol. The van der Waals surface area contributed by atoms with Gasteiger partial charge in [0.15, 0.2) is 0 Å². The zero-order valence-corrected chi connectivity index (χ0v) is 9.70. The van der Waals surface area contributed by atoms with Gasteiger partial charge in [-0.25, -0.2) is 0 Å². The topological polar surface area (TPSA) is 46.3 Å². The van der Waals surface area contributed by atoms with E-state index in [1.54, 1.807) is 0 Å². The van der Waals surface area contributed by atoms with Crippen LogP contribution in [-0.4, -0.2) is 19.0 Å². The number of piperidine rings is 1. The van der Waals surface area contributed by atoms with Crippen LogP contribution in [0.1, 0.15) is 35.2 Å². The zero-order valence-electron chi connectivity index (χ0n) is 9.70. The van der Waals surface area contributed by atoms with E-state index in [1.165, 1.54) is 19.3 Å². The highest BCUT2D eigenvalue weighted by molar-refractivity contribution is 5.98. The highest BCUT2D eigenvalue weighted by Gasteiger charge is 2.16. The third-order valence-corrected chi connectivity index (χ3v) is 3.11. The average Bonchev–Trinajstić information content (AvgIpc) is 2.30. The molecule has 1 heterocycles. The van der Waals surface area contributed by atoms with Crippen LogP contribution in [0.25, 0.3) is 0 Å². The fourth-order valence-electron chi connectivity index (χ4n) is 2.26. The van der Waals surface area contributed by atoms with E-state index >= 15 is 0 Å². The number of hydrogen-bond acceptors (Lipinski definition) is 2. The van der Waals surface area contributed by atoms with Gasteiger partial charge in [0.25, 0.3) is 5.91 Å². The van der Waals surface area contributed by atoms with Gasteiger partial charge in [-0.1, -0.05) is 11.6 Å². The Morgan fingerprint density at radius 2 is 1.94 bits per heavy atom. The first kappa shape index (κ1) is 11.0. The van der Waals surface area contributed by atoms with Crippen molar-refractivity contribution in [1.29, 1.82) is 0 Å². The molecular formula is C13H18N2O.